The van der Waals surface area contributed by atoms with Crippen molar-refractivity contribution in [2.75, 3.05) is 18.8 Å². The normalized spacial score (nSPS) is 15.3. The minimum atomic E-state index is 0.143. The number of pyridine rings is 1. The minimum absolute atomic E-state index is 0.143. The van der Waals surface area contributed by atoms with Gasteiger partial charge in [-0.3, -0.25) is 4.79 Å². The van der Waals surface area contributed by atoms with E-state index < -0.39 is 0 Å². The molecule has 0 radical (unpaired) electrons. The van der Waals surface area contributed by atoms with Crippen LogP contribution in [0.4, 0.5) is 0 Å². The van der Waals surface area contributed by atoms with Gasteiger partial charge in [0.15, 0.2) is 0 Å². The zero-order valence-corrected chi connectivity index (χ0v) is 15.6. The van der Waals surface area contributed by atoms with Crippen LogP contribution in [0.3, 0.4) is 0 Å². The van der Waals surface area contributed by atoms with Crippen LogP contribution in [0.2, 0.25) is 0 Å². The Bertz CT molecular complexity index is 820. The van der Waals surface area contributed by atoms with E-state index in [-0.39, 0.29) is 5.91 Å². The number of aromatic nitrogens is 1. The number of rotatable bonds is 4. The summed E-state index contributed by atoms with van der Waals surface area (Å²) in [6, 6.07) is 10.3. The van der Waals surface area contributed by atoms with Gasteiger partial charge in [0.1, 0.15) is 11.1 Å². The molecule has 1 aliphatic heterocycles. The summed E-state index contributed by atoms with van der Waals surface area (Å²) in [5.74, 6) is 1.19. The summed E-state index contributed by atoms with van der Waals surface area (Å²) in [4.78, 5) is 19.0. The van der Waals surface area contributed by atoms with Gasteiger partial charge in [-0.15, -0.1) is 0 Å². The molecule has 1 saturated heterocycles. The molecule has 1 aromatic heterocycles. The number of piperidine rings is 1. The van der Waals surface area contributed by atoms with Crippen LogP contribution in [-0.4, -0.2) is 34.6 Å². The summed E-state index contributed by atoms with van der Waals surface area (Å²) >= 11 is 1.37. The number of hydrogen-bond donors (Lipinski definition) is 0. The Hall–Kier alpha value is -2.06. The van der Waals surface area contributed by atoms with E-state index in [2.05, 4.69) is 37.0 Å². The molecule has 1 aliphatic rings. The van der Waals surface area contributed by atoms with Crippen LogP contribution >= 0.6 is 11.8 Å². The van der Waals surface area contributed by atoms with Crippen molar-refractivity contribution < 1.29 is 4.79 Å². The maximum Gasteiger partial charge on any atom is 0.232 e. The number of thioether (sulfide) groups is 1. The molecule has 0 unspecified atom stereocenters. The molecule has 1 fully saturated rings. The smallest absolute Gasteiger partial charge is 0.232 e. The Balaban J connectivity index is 1.74. The Morgan fingerprint density at radius 3 is 2.80 bits per heavy atom. The molecule has 0 N–H and O–H groups in total. The maximum absolute atomic E-state index is 12.4. The first-order chi connectivity index (χ1) is 12.1. The Kier molecular flexibility index (Phi) is 5.60. The lowest BCUT2D eigenvalue weighted by Gasteiger charge is -2.30. The SMILES string of the molecule is CCc1ccc2nc(SCC(=O)N3CCC(C)CC3)c(C#N)cc2c1. The monoisotopic (exact) mass is 353 g/mol. The van der Waals surface area contributed by atoms with Crippen molar-refractivity contribution in [2.45, 2.75) is 38.1 Å². The second kappa shape index (κ2) is 7.88. The van der Waals surface area contributed by atoms with E-state index in [1.165, 1.54) is 17.3 Å². The van der Waals surface area contributed by atoms with Crippen LogP contribution in [-0.2, 0) is 11.2 Å². The van der Waals surface area contributed by atoms with Crippen molar-refractivity contribution in [3.63, 3.8) is 0 Å². The predicted molar refractivity (Wildman–Crippen MR) is 102 cm³/mol. The van der Waals surface area contributed by atoms with Crippen molar-refractivity contribution >= 4 is 28.6 Å². The third-order valence-corrected chi connectivity index (χ3v) is 5.82. The molecular weight excluding hydrogens is 330 g/mol. The Morgan fingerprint density at radius 1 is 1.36 bits per heavy atom. The quantitative estimate of drug-likeness (QED) is 0.779. The summed E-state index contributed by atoms with van der Waals surface area (Å²) in [6.45, 7) is 6.03. The number of carbonyl (C=O) groups excluding carboxylic acids is 1. The zero-order valence-electron chi connectivity index (χ0n) is 14.8. The fourth-order valence-corrected chi connectivity index (χ4v) is 3.96. The molecule has 1 aromatic carbocycles. The Morgan fingerprint density at radius 2 is 2.12 bits per heavy atom. The lowest BCUT2D eigenvalue weighted by atomic mass is 9.99. The highest BCUT2D eigenvalue weighted by Gasteiger charge is 2.21. The number of nitrogens with zero attached hydrogens (tertiary/aromatic N) is 3. The topological polar surface area (TPSA) is 57.0 Å². The van der Waals surface area contributed by atoms with Gasteiger partial charge in [-0.2, -0.15) is 5.26 Å². The standard InChI is InChI=1S/C20H23N3OS/c1-3-15-4-5-18-16(10-15)11-17(12-21)20(22-18)25-13-19(24)23-8-6-14(2)7-9-23/h4-5,10-11,14H,3,6-9,13H2,1-2H3. The maximum atomic E-state index is 12.4. The average molecular weight is 353 g/mol. The van der Waals surface area contributed by atoms with Crippen LogP contribution in [0.15, 0.2) is 29.3 Å². The van der Waals surface area contributed by atoms with Crippen molar-refractivity contribution in [3.05, 3.63) is 35.4 Å². The third-order valence-electron chi connectivity index (χ3n) is 4.84. The van der Waals surface area contributed by atoms with Crippen LogP contribution in [0.25, 0.3) is 10.9 Å². The third kappa shape index (κ3) is 4.13. The van der Waals surface area contributed by atoms with E-state index in [1.54, 1.807) is 0 Å². The molecule has 3 rings (SSSR count). The molecule has 25 heavy (non-hydrogen) atoms. The molecular formula is C20H23N3OS. The average Bonchev–Trinajstić information content (AvgIpc) is 2.65. The van der Waals surface area contributed by atoms with E-state index >= 15 is 0 Å². The summed E-state index contributed by atoms with van der Waals surface area (Å²) in [5.41, 5.74) is 2.65. The van der Waals surface area contributed by atoms with Gasteiger partial charge >= 0.3 is 0 Å². The lowest BCUT2D eigenvalue weighted by molar-refractivity contribution is -0.129. The van der Waals surface area contributed by atoms with Gasteiger partial charge in [0.05, 0.1) is 16.8 Å². The Labute approximate surface area is 153 Å². The van der Waals surface area contributed by atoms with E-state index in [0.717, 1.165) is 43.3 Å². The highest BCUT2D eigenvalue weighted by Crippen LogP contribution is 2.26. The number of amides is 1. The van der Waals surface area contributed by atoms with Crippen LogP contribution in [0, 0.1) is 17.2 Å². The first kappa shape index (κ1) is 17.8. The van der Waals surface area contributed by atoms with Gasteiger partial charge < -0.3 is 4.90 Å². The molecule has 1 amide bonds. The van der Waals surface area contributed by atoms with Crippen LogP contribution < -0.4 is 0 Å². The van der Waals surface area contributed by atoms with Gasteiger partial charge in [0.2, 0.25) is 5.91 Å². The highest BCUT2D eigenvalue weighted by atomic mass is 32.2. The number of hydrogen-bond acceptors (Lipinski definition) is 4. The number of carbonyl (C=O) groups is 1. The first-order valence-corrected chi connectivity index (χ1v) is 9.83. The molecule has 0 bridgehead atoms. The number of nitriles is 1. The van der Waals surface area contributed by atoms with Crippen molar-refractivity contribution in [1.82, 2.24) is 9.88 Å². The highest BCUT2D eigenvalue weighted by molar-refractivity contribution is 8.00. The summed E-state index contributed by atoms with van der Waals surface area (Å²) in [7, 11) is 0. The molecule has 2 aromatic rings. The molecule has 0 saturated carbocycles. The number of fused-ring (bicyclic) bond motifs is 1. The van der Waals surface area contributed by atoms with Crippen molar-refractivity contribution in [3.8, 4) is 6.07 Å². The number of aryl methyl sites for hydroxylation is 1. The van der Waals surface area contributed by atoms with Crippen molar-refractivity contribution in [1.29, 1.82) is 5.26 Å². The fraction of sp³-hybridized carbons (Fsp3) is 0.450. The summed E-state index contributed by atoms with van der Waals surface area (Å²) in [6.07, 6.45) is 3.11. The van der Waals surface area contributed by atoms with Gasteiger partial charge in [0, 0.05) is 18.5 Å². The zero-order chi connectivity index (χ0) is 17.8. The van der Waals surface area contributed by atoms with Crippen LogP contribution in [0.5, 0.6) is 0 Å². The van der Waals surface area contributed by atoms with E-state index in [4.69, 9.17) is 0 Å². The molecule has 4 nitrogen and oxygen atoms in total. The summed E-state index contributed by atoms with van der Waals surface area (Å²) < 4.78 is 0. The van der Waals surface area contributed by atoms with E-state index in [0.29, 0.717) is 22.3 Å². The number of likely N-dealkylation sites (tertiary alicyclic amines) is 1. The van der Waals surface area contributed by atoms with Gasteiger partial charge in [0.25, 0.3) is 0 Å². The molecule has 0 aliphatic carbocycles. The molecule has 0 atom stereocenters. The second-order valence-corrected chi connectivity index (χ2v) is 7.65. The fourth-order valence-electron chi connectivity index (χ4n) is 3.10. The van der Waals surface area contributed by atoms with E-state index in [9.17, 15) is 10.1 Å². The molecule has 2 heterocycles. The second-order valence-electron chi connectivity index (χ2n) is 6.69. The molecule has 130 valence electrons. The first-order valence-electron chi connectivity index (χ1n) is 8.85. The minimum Gasteiger partial charge on any atom is -0.342 e. The lowest BCUT2D eigenvalue weighted by Crippen LogP contribution is -2.38. The molecule has 5 heteroatoms. The van der Waals surface area contributed by atoms with Gasteiger partial charge in [-0.1, -0.05) is 31.7 Å². The van der Waals surface area contributed by atoms with E-state index in [1.807, 2.05) is 17.0 Å². The van der Waals surface area contributed by atoms with Gasteiger partial charge in [-0.25, -0.2) is 4.98 Å². The van der Waals surface area contributed by atoms with Crippen molar-refractivity contribution in [2.24, 2.45) is 5.92 Å². The number of benzene rings is 1. The predicted octanol–water partition coefficient (Wildman–Crippen LogP) is 4.02. The largest absolute Gasteiger partial charge is 0.342 e. The van der Waals surface area contributed by atoms with Crippen LogP contribution in [0.1, 0.15) is 37.8 Å². The van der Waals surface area contributed by atoms with Gasteiger partial charge in [-0.05, 0) is 48.9 Å². The summed E-state index contributed by atoms with van der Waals surface area (Å²) in [5, 5.41) is 11.1. The molecule has 0 spiro atoms.